The van der Waals surface area contributed by atoms with Gasteiger partial charge in [0.25, 0.3) is 11.8 Å². The molecule has 0 atom stereocenters. The Hall–Kier alpha value is -3.46. The zero-order valence-electron chi connectivity index (χ0n) is 18.4. The molecule has 34 heavy (non-hydrogen) atoms. The molecular formula is C25H25FN2O5S. The molecule has 178 valence electrons. The van der Waals surface area contributed by atoms with Crippen molar-refractivity contribution in [3.63, 3.8) is 0 Å². The fourth-order valence-corrected chi connectivity index (χ4v) is 4.96. The predicted octanol–water partition coefficient (Wildman–Crippen LogP) is 4.22. The largest absolute Gasteiger partial charge is 0.487 e. The number of carbonyl (C=O) groups is 3. The third-order valence-corrected chi connectivity index (χ3v) is 6.97. The van der Waals surface area contributed by atoms with Gasteiger partial charge in [-0.1, -0.05) is 18.2 Å². The van der Waals surface area contributed by atoms with Gasteiger partial charge in [-0.2, -0.15) is 0 Å². The lowest BCUT2D eigenvalue weighted by Gasteiger charge is -2.27. The molecule has 2 aromatic carbocycles. The minimum Gasteiger partial charge on any atom is -0.487 e. The first-order valence-corrected chi connectivity index (χ1v) is 12.0. The Balaban J connectivity index is 1.23. The van der Waals surface area contributed by atoms with Gasteiger partial charge in [0.1, 0.15) is 0 Å². The molecule has 1 heterocycles. The second-order valence-electron chi connectivity index (χ2n) is 8.24. The van der Waals surface area contributed by atoms with Gasteiger partial charge in [-0.05, 0) is 61.4 Å². The van der Waals surface area contributed by atoms with Crippen LogP contribution < -0.4 is 15.4 Å². The number of carboxylic acid groups (broad SMARTS) is 1. The number of benzene rings is 2. The van der Waals surface area contributed by atoms with E-state index < -0.39 is 17.7 Å². The van der Waals surface area contributed by atoms with Crippen LogP contribution in [-0.4, -0.2) is 42.1 Å². The number of carbonyl (C=O) groups excluding carboxylic acids is 2. The van der Waals surface area contributed by atoms with Crippen molar-refractivity contribution in [1.29, 1.82) is 0 Å². The first kappa shape index (κ1) is 23.7. The van der Waals surface area contributed by atoms with E-state index in [1.54, 1.807) is 0 Å². The SMILES string of the molecule is O=C(NCCNC(=O)c1cc2ccccc2s1)c1ccc(O[C@H]2CC[C@@H](C(=O)O)CC2)c(F)c1. The van der Waals surface area contributed by atoms with Crippen LogP contribution in [0, 0.1) is 11.7 Å². The summed E-state index contributed by atoms with van der Waals surface area (Å²) in [5.41, 5.74) is 0.148. The predicted molar refractivity (Wildman–Crippen MR) is 127 cm³/mol. The van der Waals surface area contributed by atoms with Crippen molar-refractivity contribution in [3.05, 3.63) is 64.8 Å². The van der Waals surface area contributed by atoms with Gasteiger partial charge in [-0.15, -0.1) is 11.3 Å². The topological polar surface area (TPSA) is 105 Å². The van der Waals surface area contributed by atoms with Crippen molar-refractivity contribution in [2.45, 2.75) is 31.8 Å². The molecule has 1 aliphatic rings. The number of aliphatic carboxylic acids is 1. The number of nitrogens with one attached hydrogen (secondary N) is 2. The maximum atomic E-state index is 14.5. The maximum Gasteiger partial charge on any atom is 0.306 e. The van der Waals surface area contributed by atoms with Crippen LogP contribution in [0.1, 0.15) is 45.7 Å². The van der Waals surface area contributed by atoms with Gasteiger partial charge in [0, 0.05) is 23.4 Å². The van der Waals surface area contributed by atoms with Gasteiger partial charge in [-0.25, -0.2) is 4.39 Å². The third kappa shape index (κ3) is 5.72. The fraction of sp³-hybridized carbons (Fsp3) is 0.320. The number of rotatable bonds is 8. The van der Waals surface area contributed by atoms with Gasteiger partial charge >= 0.3 is 5.97 Å². The standard InChI is InChI=1S/C25H25FN2O5S/c26-19-13-17(7-10-20(19)33-18-8-5-15(6-9-18)25(31)32)23(29)27-11-12-28-24(30)22-14-16-3-1-2-4-21(16)34-22/h1-4,7,10,13-15,18H,5-6,8-9,11-12H2,(H,27,29)(H,28,30)(H,31,32)/t15-,18+. The fourth-order valence-electron chi connectivity index (χ4n) is 3.98. The Labute approximate surface area is 199 Å². The lowest BCUT2D eigenvalue weighted by molar-refractivity contribution is -0.143. The summed E-state index contributed by atoms with van der Waals surface area (Å²) in [7, 11) is 0. The molecule has 0 aliphatic heterocycles. The molecule has 1 aromatic heterocycles. The number of hydrogen-bond donors (Lipinski definition) is 3. The molecule has 1 aliphatic carbocycles. The van der Waals surface area contributed by atoms with E-state index in [9.17, 15) is 18.8 Å². The van der Waals surface area contributed by atoms with Gasteiger partial charge in [0.05, 0.1) is 16.9 Å². The van der Waals surface area contributed by atoms with E-state index in [-0.39, 0.29) is 42.3 Å². The van der Waals surface area contributed by atoms with Crippen LogP contribution in [0.15, 0.2) is 48.5 Å². The number of carboxylic acids is 1. The average Bonchev–Trinajstić information content (AvgIpc) is 3.28. The van der Waals surface area contributed by atoms with Crippen molar-refractivity contribution in [2.24, 2.45) is 5.92 Å². The number of ether oxygens (including phenoxy) is 1. The van der Waals surface area contributed by atoms with Crippen molar-refractivity contribution in [1.82, 2.24) is 10.6 Å². The van der Waals surface area contributed by atoms with Crippen molar-refractivity contribution in [3.8, 4) is 5.75 Å². The Bertz CT molecular complexity index is 1170. The number of thiophene rings is 1. The lowest BCUT2D eigenvalue weighted by atomic mass is 9.87. The molecule has 2 amide bonds. The van der Waals surface area contributed by atoms with E-state index in [0.29, 0.717) is 30.6 Å². The summed E-state index contributed by atoms with van der Waals surface area (Å²) in [5, 5.41) is 15.5. The third-order valence-electron chi connectivity index (χ3n) is 5.86. The van der Waals surface area contributed by atoms with E-state index >= 15 is 0 Å². The lowest BCUT2D eigenvalue weighted by Crippen LogP contribution is -2.34. The van der Waals surface area contributed by atoms with E-state index in [2.05, 4.69) is 10.6 Å². The summed E-state index contributed by atoms with van der Waals surface area (Å²) in [6.07, 6.45) is 1.86. The molecule has 0 unspecified atom stereocenters. The quantitative estimate of drug-likeness (QED) is 0.415. The molecule has 0 bridgehead atoms. The Morgan fingerprint density at radius 1 is 0.971 bits per heavy atom. The monoisotopic (exact) mass is 484 g/mol. The highest BCUT2D eigenvalue weighted by molar-refractivity contribution is 7.20. The summed E-state index contributed by atoms with van der Waals surface area (Å²) in [6.45, 7) is 0.434. The molecule has 1 saturated carbocycles. The molecular weight excluding hydrogens is 459 g/mol. The minimum absolute atomic E-state index is 0.0472. The normalized spacial score (nSPS) is 17.8. The molecule has 9 heteroatoms. The number of fused-ring (bicyclic) bond motifs is 1. The number of halogens is 1. The van der Waals surface area contributed by atoms with Gasteiger partial charge in [-0.3, -0.25) is 14.4 Å². The summed E-state index contributed by atoms with van der Waals surface area (Å²) < 4.78 is 21.2. The maximum absolute atomic E-state index is 14.5. The Morgan fingerprint density at radius 3 is 2.35 bits per heavy atom. The van der Waals surface area contributed by atoms with Crippen LogP contribution in [0.5, 0.6) is 5.75 Å². The highest BCUT2D eigenvalue weighted by Gasteiger charge is 2.27. The molecule has 3 N–H and O–H groups in total. The van der Waals surface area contributed by atoms with Crippen LogP contribution >= 0.6 is 11.3 Å². The number of amides is 2. The molecule has 7 nitrogen and oxygen atoms in total. The van der Waals surface area contributed by atoms with Crippen LogP contribution in [-0.2, 0) is 4.79 Å². The zero-order chi connectivity index (χ0) is 24.1. The summed E-state index contributed by atoms with van der Waals surface area (Å²) in [4.78, 5) is 36.3. The Kier molecular flexibility index (Phi) is 7.42. The van der Waals surface area contributed by atoms with Crippen LogP contribution in [0.3, 0.4) is 0 Å². The van der Waals surface area contributed by atoms with E-state index in [0.717, 1.165) is 16.2 Å². The smallest absolute Gasteiger partial charge is 0.306 e. The van der Waals surface area contributed by atoms with Gasteiger partial charge in [0.2, 0.25) is 0 Å². The second kappa shape index (κ2) is 10.6. The van der Waals surface area contributed by atoms with Gasteiger partial charge < -0.3 is 20.5 Å². The minimum atomic E-state index is -0.806. The van der Waals surface area contributed by atoms with Gasteiger partial charge in [0.15, 0.2) is 11.6 Å². The molecule has 4 rings (SSSR count). The molecule has 3 aromatic rings. The first-order chi connectivity index (χ1) is 16.4. The second-order valence-corrected chi connectivity index (χ2v) is 9.32. The highest BCUT2D eigenvalue weighted by Crippen LogP contribution is 2.29. The highest BCUT2D eigenvalue weighted by atomic mass is 32.1. The molecule has 1 fully saturated rings. The summed E-state index contributed by atoms with van der Waals surface area (Å²) in [5.74, 6) is -2.44. The van der Waals surface area contributed by atoms with E-state index in [1.165, 1.54) is 23.5 Å². The van der Waals surface area contributed by atoms with Crippen molar-refractivity contribution < 1.29 is 28.6 Å². The number of hydrogen-bond acceptors (Lipinski definition) is 5. The van der Waals surface area contributed by atoms with Crippen LogP contribution in [0.2, 0.25) is 0 Å². The van der Waals surface area contributed by atoms with E-state index in [1.807, 2.05) is 30.3 Å². The Morgan fingerprint density at radius 2 is 1.68 bits per heavy atom. The van der Waals surface area contributed by atoms with E-state index in [4.69, 9.17) is 9.84 Å². The molecule has 0 spiro atoms. The van der Waals surface area contributed by atoms with Crippen LogP contribution in [0.25, 0.3) is 10.1 Å². The zero-order valence-corrected chi connectivity index (χ0v) is 19.2. The van der Waals surface area contributed by atoms with Crippen LogP contribution in [0.4, 0.5) is 4.39 Å². The first-order valence-electron chi connectivity index (χ1n) is 11.1. The molecule has 0 saturated heterocycles. The average molecular weight is 485 g/mol. The summed E-state index contributed by atoms with van der Waals surface area (Å²) in [6, 6.07) is 13.6. The molecule has 0 radical (unpaired) electrons. The summed E-state index contributed by atoms with van der Waals surface area (Å²) >= 11 is 1.40. The van der Waals surface area contributed by atoms with Crippen molar-refractivity contribution in [2.75, 3.05) is 13.1 Å². The van der Waals surface area contributed by atoms with Crippen molar-refractivity contribution >= 4 is 39.2 Å².